The van der Waals surface area contributed by atoms with Crippen molar-refractivity contribution in [3.05, 3.63) is 53.6 Å². The number of benzene rings is 2. The number of hydrogen-bond donors (Lipinski definition) is 5. The smallest absolute Gasteiger partial charge is 0.207 e. The maximum atomic E-state index is 14.2. The first kappa shape index (κ1) is 38.5. The molecule has 53 heavy (non-hydrogen) atoms. The highest BCUT2D eigenvalue weighted by Gasteiger charge is 2.47. The van der Waals surface area contributed by atoms with Crippen LogP contribution in [0.5, 0.6) is 23.0 Å². The molecule has 4 atom stereocenters. The Hall–Kier alpha value is -4.20. The Morgan fingerprint density at radius 3 is 2.70 bits per heavy atom. The summed E-state index contributed by atoms with van der Waals surface area (Å²) in [4.78, 5) is 18.6. The number of aliphatic imine (C=N–C) groups is 1. The molecule has 3 aliphatic carbocycles. The fourth-order valence-electron chi connectivity index (χ4n) is 9.16. The van der Waals surface area contributed by atoms with Crippen LogP contribution in [0.4, 0.5) is 5.69 Å². The number of nitrogens with zero attached hydrogens (tertiary/aromatic N) is 1. The number of phenols is 2. The molecule has 0 amide bonds. The lowest BCUT2D eigenvalue weighted by Crippen LogP contribution is -2.42. The van der Waals surface area contributed by atoms with Gasteiger partial charge in [0.05, 0.1) is 18.9 Å². The lowest BCUT2D eigenvalue weighted by atomic mass is 9.69. The van der Waals surface area contributed by atoms with Gasteiger partial charge in [-0.05, 0) is 131 Å². The van der Waals surface area contributed by atoms with Gasteiger partial charge in [-0.25, -0.2) is 0 Å². The first-order valence-corrected chi connectivity index (χ1v) is 19.6. The number of phenolic OH excluding ortho intramolecular Hbond substituents is 2. The molecule has 10 nitrogen and oxygen atoms in total. The van der Waals surface area contributed by atoms with E-state index in [1.54, 1.807) is 19.2 Å². The summed E-state index contributed by atoms with van der Waals surface area (Å²) in [5.41, 5.74) is 1.33. The minimum atomic E-state index is -0.611. The highest BCUT2D eigenvalue weighted by molar-refractivity contribution is 5.97. The van der Waals surface area contributed by atoms with Crippen LogP contribution in [0, 0.1) is 29.2 Å². The molecule has 0 aromatic heterocycles. The van der Waals surface area contributed by atoms with E-state index in [-0.39, 0.29) is 23.2 Å². The van der Waals surface area contributed by atoms with Crippen LogP contribution in [0.1, 0.15) is 94.6 Å². The lowest BCUT2D eigenvalue weighted by molar-refractivity contribution is -0.125. The Morgan fingerprint density at radius 2 is 1.91 bits per heavy atom. The Morgan fingerprint density at radius 1 is 1.06 bits per heavy atom. The van der Waals surface area contributed by atoms with E-state index in [0.29, 0.717) is 67.4 Å². The summed E-state index contributed by atoms with van der Waals surface area (Å²) in [5, 5.41) is 31.6. The van der Waals surface area contributed by atoms with Gasteiger partial charge in [0.1, 0.15) is 5.60 Å². The zero-order chi connectivity index (χ0) is 37.3. The molecule has 0 radical (unpaired) electrons. The Bertz CT molecular complexity index is 1710. The number of anilines is 1. The largest absolute Gasteiger partial charge is 0.504 e. The van der Waals surface area contributed by atoms with Crippen molar-refractivity contribution >= 4 is 17.4 Å². The van der Waals surface area contributed by atoms with E-state index >= 15 is 0 Å². The molecule has 1 aliphatic heterocycles. The third-order valence-electron chi connectivity index (χ3n) is 12.0. The van der Waals surface area contributed by atoms with Crippen LogP contribution in [0.3, 0.4) is 0 Å². The number of guanidine groups is 1. The minimum absolute atomic E-state index is 0.0293. The van der Waals surface area contributed by atoms with Crippen molar-refractivity contribution < 1.29 is 29.2 Å². The van der Waals surface area contributed by atoms with Gasteiger partial charge >= 0.3 is 0 Å². The van der Waals surface area contributed by atoms with E-state index < -0.39 is 11.0 Å². The van der Waals surface area contributed by atoms with Crippen molar-refractivity contribution in [3.63, 3.8) is 0 Å². The number of allylic oxidation sites excluding steroid dienone is 2. The van der Waals surface area contributed by atoms with Gasteiger partial charge in [0.15, 0.2) is 28.8 Å². The second-order valence-corrected chi connectivity index (χ2v) is 15.5. The number of fused-ring (bicyclic) bond motifs is 3. The van der Waals surface area contributed by atoms with Crippen LogP contribution in [0.25, 0.3) is 0 Å². The van der Waals surface area contributed by atoms with E-state index in [1.807, 2.05) is 37.4 Å². The molecule has 1 heterocycles. The van der Waals surface area contributed by atoms with Crippen molar-refractivity contribution in [1.82, 2.24) is 10.6 Å². The minimum Gasteiger partial charge on any atom is -0.504 e. The molecular formula is C43H58N4O6. The predicted octanol–water partition coefficient (Wildman–Crippen LogP) is 7.03. The molecule has 4 aliphatic rings. The number of carbonyl (C=O) groups excluding carboxylic acids is 1. The number of ketones is 1. The topological polar surface area (TPSA) is 134 Å². The molecule has 3 saturated carbocycles. The van der Waals surface area contributed by atoms with Gasteiger partial charge in [-0.15, -0.1) is 0 Å². The Labute approximate surface area is 315 Å². The van der Waals surface area contributed by atoms with Gasteiger partial charge in [0, 0.05) is 38.1 Å². The number of carbonyl (C=O) groups is 1. The Kier molecular flexibility index (Phi) is 12.9. The molecule has 2 aromatic rings. The first-order valence-electron chi connectivity index (χ1n) is 19.6. The van der Waals surface area contributed by atoms with E-state index in [9.17, 15) is 15.0 Å². The van der Waals surface area contributed by atoms with Gasteiger partial charge in [0.2, 0.25) is 5.96 Å². The highest BCUT2D eigenvalue weighted by atomic mass is 16.5. The zero-order valence-electron chi connectivity index (χ0n) is 31.8. The zero-order valence-corrected chi connectivity index (χ0v) is 31.8. The molecular weight excluding hydrogens is 668 g/mol. The summed E-state index contributed by atoms with van der Waals surface area (Å²) >= 11 is 0. The second-order valence-electron chi connectivity index (χ2n) is 15.5. The van der Waals surface area contributed by atoms with Crippen LogP contribution in [-0.4, -0.2) is 68.0 Å². The van der Waals surface area contributed by atoms with Crippen LogP contribution in [-0.2, 0) is 22.4 Å². The van der Waals surface area contributed by atoms with E-state index in [2.05, 4.69) is 32.9 Å². The molecule has 0 saturated heterocycles. The van der Waals surface area contributed by atoms with Gasteiger partial charge in [-0.3, -0.25) is 15.1 Å². The normalized spacial score (nSPS) is 27.8. The number of ether oxygens (including phenoxy) is 3. The molecule has 10 heteroatoms. The number of aromatic hydroxyl groups is 2. The summed E-state index contributed by atoms with van der Waals surface area (Å²) in [7, 11) is 5.15. The fourth-order valence-corrected chi connectivity index (χ4v) is 9.16. The molecule has 0 spiro atoms. The van der Waals surface area contributed by atoms with Crippen molar-refractivity contribution in [3.8, 4) is 35.0 Å². The van der Waals surface area contributed by atoms with Crippen LogP contribution in [0.15, 0.2) is 47.5 Å². The fraction of sp³-hybridized carbons (Fsp3) is 0.581. The van der Waals surface area contributed by atoms with Crippen molar-refractivity contribution in [2.24, 2.45) is 22.2 Å². The molecule has 5 N–H and O–H groups in total. The number of aryl methyl sites for hydroxylation is 1. The van der Waals surface area contributed by atoms with Crippen molar-refractivity contribution in [1.29, 1.82) is 0 Å². The summed E-state index contributed by atoms with van der Waals surface area (Å²) in [6.45, 7) is 1.46. The molecule has 3 fully saturated rings. The van der Waals surface area contributed by atoms with Crippen LogP contribution in [0.2, 0.25) is 0 Å². The number of rotatable bonds is 11. The summed E-state index contributed by atoms with van der Waals surface area (Å²) in [6, 6.07) is 12.3. The number of hydrogen-bond acceptors (Lipinski definition) is 8. The van der Waals surface area contributed by atoms with Gasteiger partial charge in [0.25, 0.3) is 0 Å². The second kappa shape index (κ2) is 17.7. The summed E-state index contributed by atoms with van der Waals surface area (Å²) < 4.78 is 18.4. The number of likely N-dealkylation sites (N-methyl/N-ethyl adjacent to an activating group) is 1. The monoisotopic (exact) mass is 726 g/mol. The van der Waals surface area contributed by atoms with Crippen LogP contribution < -0.4 is 25.4 Å². The molecule has 2 aromatic carbocycles. The summed E-state index contributed by atoms with van der Waals surface area (Å²) in [5.74, 6) is 5.29. The number of nitrogens with one attached hydrogen (secondary N) is 3. The lowest BCUT2D eigenvalue weighted by Gasteiger charge is -2.33. The average molecular weight is 727 g/mol. The third kappa shape index (κ3) is 9.31. The number of methoxy groups -OCH3 is 1. The SMILES string of the molecule is CN=C1NC#CC[C@@H]2CCC[C@]2(Cc2ccc(O)c(OC)c2)C(=O)/C=C/CCc2cc(c(O)c(O[C@@]3(CNC)CC[C@H](CCOC4CCCC4)C3)c2)N1. The third-order valence-corrected chi connectivity index (χ3v) is 12.0. The van der Waals surface area contributed by atoms with E-state index in [4.69, 9.17) is 14.2 Å². The van der Waals surface area contributed by atoms with E-state index in [1.165, 1.54) is 32.8 Å². The maximum absolute atomic E-state index is 14.2. The molecule has 2 bridgehead atoms. The molecule has 0 unspecified atom stereocenters. The molecule has 6 rings (SSSR count). The highest BCUT2D eigenvalue weighted by Crippen LogP contribution is 2.49. The Balaban J connectivity index is 1.23. The first-order chi connectivity index (χ1) is 25.8. The van der Waals surface area contributed by atoms with Crippen LogP contribution >= 0.6 is 0 Å². The predicted molar refractivity (Wildman–Crippen MR) is 209 cm³/mol. The summed E-state index contributed by atoms with van der Waals surface area (Å²) in [6.07, 6.45) is 17.9. The quantitative estimate of drug-likeness (QED) is 0.122. The standard InChI is InChI=1S/C43H58N4O6/c1-44-29-42(21-18-30(27-42)19-23-52-34-13-5-6-14-34)53-38-25-31-10-4-7-15-39(49)43(28-32-16-17-36(48)37(26-32)51-3)20-8-11-33(43)12-9-22-46-41(45-2)47-35(24-31)40(38)50/h7,15-17,24-26,30,33-34,44,48,50H,4-6,8,10-14,18-21,23,27-29H2,1-3H3,(H2,45,46,47)/b15-7+/t30-,33+,42+,43-/m1/s1. The van der Waals surface area contributed by atoms with E-state index in [0.717, 1.165) is 62.7 Å². The van der Waals surface area contributed by atoms with Gasteiger partial charge in [-0.1, -0.05) is 37.3 Å². The average Bonchev–Trinajstić information content (AvgIpc) is 3.92. The van der Waals surface area contributed by atoms with Crippen molar-refractivity contribution in [2.45, 2.75) is 108 Å². The maximum Gasteiger partial charge on any atom is 0.207 e. The molecule has 286 valence electrons. The van der Waals surface area contributed by atoms with Gasteiger partial charge < -0.3 is 35.1 Å². The van der Waals surface area contributed by atoms with Crippen molar-refractivity contribution in [2.75, 3.05) is 39.7 Å². The van der Waals surface area contributed by atoms with Gasteiger partial charge in [-0.2, -0.15) is 0 Å².